The predicted octanol–water partition coefficient (Wildman–Crippen LogP) is 0.849. The third kappa shape index (κ3) is 4.90. The van der Waals surface area contributed by atoms with Crippen molar-refractivity contribution in [2.45, 2.75) is 44.2 Å². The summed E-state index contributed by atoms with van der Waals surface area (Å²) in [6.07, 6.45) is 5.11. The van der Waals surface area contributed by atoms with Crippen LogP contribution in [-0.4, -0.2) is 105 Å². The number of fused-ring (bicyclic) bond motifs is 1. The quantitative estimate of drug-likeness (QED) is 0.584. The second-order valence-corrected chi connectivity index (χ2v) is 9.57. The number of nitrogens with one attached hydrogen (secondary N) is 1. The summed E-state index contributed by atoms with van der Waals surface area (Å²) >= 11 is 0. The minimum Gasteiger partial charge on any atom is -0.396 e. The lowest BCUT2D eigenvalue weighted by Gasteiger charge is -2.33. The van der Waals surface area contributed by atoms with Crippen molar-refractivity contribution in [3.05, 3.63) is 24.0 Å². The van der Waals surface area contributed by atoms with Crippen LogP contribution in [0.1, 0.15) is 36.0 Å². The van der Waals surface area contributed by atoms with E-state index in [-0.39, 0.29) is 29.8 Å². The molecule has 2 aliphatic heterocycles. The van der Waals surface area contributed by atoms with Gasteiger partial charge in [-0.25, -0.2) is 18.3 Å². The number of nitrogens with zero attached hydrogens (tertiary/aromatic N) is 7. The average molecular weight is 490 g/mol. The van der Waals surface area contributed by atoms with Crippen molar-refractivity contribution in [1.82, 2.24) is 24.8 Å². The maximum atomic E-state index is 13.8. The predicted molar refractivity (Wildman–Crippen MR) is 127 cm³/mol. The topological polar surface area (TPSA) is 101 Å². The second kappa shape index (κ2) is 9.94. The molecule has 1 saturated carbocycles. The summed E-state index contributed by atoms with van der Waals surface area (Å²) in [6, 6.07) is 0.843. The normalized spacial score (nSPS) is 25.7. The van der Waals surface area contributed by atoms with Gasteiger partial charge in [0.2, 0.25) is 6.21 Å². The lowest BCUT2D eigenvalue weighted by atomic mass is 9.87. The highest BCUT2D eigenvalue weighted by Gasteiger charge is 2.40. The smallest absolute Gasteiger partial charge is 0.285 e. The fraction of sp³-hybridized carbons (Fsp3) is 0.609. The molecular weight excluding hydrogens is 458 g/mol. The van der Waals surface area contributed by atoms with Crippen LogP contribution in [0.5, 0.6) is 0 Å². The molecule has 1 amide bonds. The molecule has 0 radical (unpaired) electrons. The Balaban J connectivity index is 1.33. The first kappa shape index (κ1) is 23.7. The molecule has 0 spiro atoms. The van der Waals surface area contributed by atoms with Gasteiger partial charge in [0.15, 0.2) is 23.4 Å². The van der Waals surface area contributed by atoms with Crippen LogP contribution >= 0.6 is 0 Å². The number of likely N-dealkylation sites (N-methyl/N-ethyl adjacent to an activating group) is 1. The van der Waals surface area contributed by atoms with Gasteiger partial charge in [0.25, 0.3) is 12.3 Å². The fourth-order valence-electron chi connectivity index (χ4n) is 4.99. The first-order chi connectivity index (χ1) is 16.9. The molecule has 188 valence electrons. The van der Waals surface area contributed by atoms with Crippen molar-refractivity contribution in [3.63, 3.8) is 0 Å². The molecule has 4 heterocycles. The molecule has 1 saturated heterocycles. The summed E-state index contributed by atoms with van der Waals surface area (Å²) in [6.45, 7) is 3.65. The molecule has 0 aromatic carbocycles. The third-order valence-electron chi connectivity index (χ3n) is 7.24. The number of aliphatic hydroxyl groups is 1. The number of halogens is 2. The summed E-state index contributed by atoms with van der Waals surface area (Å²) in [5.41, 5.74) is 0.238. The van der Waals surface area contributed by atoms with Crippen molar-refractivity contribution < 1.29 is 23.4 Å². The van der Waals surface area contributed by atoms with Gasteiger partial charge in [0.1, 0.15) is 11.4 Å². The highest BCUT2D eigenvalue weighted by Crippen LogP contribution is 2.27. The number of hydrogen-bond acceptors (Lipinski definition) is 7. The number of aromatic nitrogens is 3. The molecule has 35 heavy (non-hydrogen) atoms. The number of carbonyl (C=O) groups is 1. The maximum Gasteiger partial charge on any atom is 0.285 e. The molecule has 1 unspecified atom stereocenters. The highest BCUT2D eigenvalue weighted by molar-refractivity contribution is 6.10. The number of anilines is 1. The van der Waals surface area contributed by atoms with Gasteiger partial charge in [-0.15, -0.1) is 0 Å². The Labute approximate surface area is 201 Å². The molecule has 2 N–H and O–H groups in total. The van der Waals surface area contributed by atoms with Crippen LogP contribution in [0.2, 0.25) is 0 Å². The van der Waals surface area contributed by atoms with E-state index in [1.807, 2.05) is 6.07 Å². The Hall–Kier alpha value is -2.99. The van der Waals surface area contributed by atoms with Gasteiger partial charge in [-0.1, -0.05) is 4.68 Å². The standard InChI is InChI=1S/C23H30F2N8O2/c1-30-8-10-31(11-9-30)19-6-7-32-22(28-19)17(12-26-32)23(35)27-18-13-33(29-20(18)21(24)25)16-4-2-15(14-34)3-5-16/h6-7,12-13,15-16,18,21,34H,2-5,8-11,14H2,1H3/p+1. The van der Waals surface area contributed by atoms with Gasteiger partial charge < -0.3 is 20.2 Å². The molecule has 2 aromatic heterocycles. The van der Waals surface area contributed by atoms with Crippen LogP contribution in [0.4, 0.5) is 14.6 Å². The number of alkyl halides is 2. The summed E-state index contributed by atoms with van der Waals surface area (Å²) in [4.78, 5) is 22.2. The van der Waals surface area contributed by atoms with Crippen LogP contribution in [0, 0.1) is 5.92 Å². The first-order valence-electron chi connectivity index (χ1n) is 12.1. The van der Waals surface area contributed by atoms with Crippen LogP contribution in [0.25, 0.3) is 5.65 Å². The van der Waals surface area contributed by atoms with E-state index in [4.69, 9.17) is 0 Å². The SMILES string of the molecule is CN1CCN(c2ccn3ncc(C(=O)NC4C=[N+](C5CCC(CO)CC5)N=C4C(F)F)c3n2)CC1. The Kier molecular flexibility index (Phi) is 6.74. The minimum absolute atomic E-state index is 0.0155. The van der Waals surface area contributed by atoms with Crippen LogP contribution in [0.15, 0.2) is 23.6 Å². The van der Waals surface area contributed by atoms with E-state index in [0.29, 0.717) is 5.65 Å². The number of piperazine rings is 1. The van der Waals surface area contributed by atoms with Crippen molar-refractivity contribution in [1.29, 1.82) is 0 Å². The molecule has 1 aliphatic carbocycles. The molecular formula is C23H31F2N8O2+. The third-order valence-corrected chi connectivity index (χ3v) is 7.24. The number of amides is 1. The monoisotopic (exact) mass is 489 g/mol. The molecule has 5 rings (SSSR count). The van der Waals surface area contributed by atoms with E-state index in [0.717, 1.165) is 57.7 Å². The fourth-order valence-corrected chi connectivity index (χ4v) is 4.99. The molecule has 10 nitrogen and oxygen atoms in total. The zero-order valence-electron chi connectivity index (χ0n) is 19.7. The van der Waals surface area contributed by atoms with E-state index in [9.17, 15) is 18.7 Å². The van der Waals surface area contributed by atoms with Crippen LogP contribution < -0.4 is 10.2 Å². The molecule has 2 fully saturated rings. The van der Waals surface area contributed by atoms with Gasteiger partial charge in [-0.05, 0) is 37.0 Å². The average Bonchev–Trinajstić information content (AvgIpc) is 3.49. The number of hydrogen-bond donors (Lipinski definition) is 2. The van der Waals surface area contributed by atoms with Crippen molar-refractivity contribution in [2.75, 3.05) is 44.7 Å². The van der Waals surface area contributed by atoms with Gasteiger partial charge in [-0.3, -0.25) is 4.79 Å². The zero-order chi connectivity index (χ0) is 24.5. The van der Waals surface area contributed by atoms with E-state index in [1.54, 1.807) is 17.1 Å². The molecule has 12 heteroatoms. The summed E-state index contributed by atoms with van der Waals surface area (Å²) in [7, 11) is 2.08. The van der Waals surface area contributed by atoms with Gasteiger partial charge >= 0.3 is 0 Å². The summed E-state index contributed by atoms with van der Waals surface area (Å²) in [5, 5.41) is 20.4. The Morgan fingerprint density at radius 2 is 1.97 bits per heavy atom. The summed E-state index contributed by atoms with van der Waals surface area (Å²) in [5.74, 6) is 0.484. The lowest BCUT2D eigenvalue weighted by Crippen LogP contribution is -2.45. The molecule has 0 bridgehead atoms. The van der Waals surface area contributed by atoms with E-state index in [1.165, 1.54) is 10.7 Å². The van der Waals surface area contributed by atoms with E-state index in [2.05, 4.69) is 37.3 Å². The van der Waals surface area contributed by atoms with E-state index < -0.39 is 18.4 Å². The van der Waals surface area contributed by atoms with Gasteiger partial charge in [-0.2, -0.15) is 5.10 Å². The lowest BCUT2D eigenvalue weighted by molar-refractivity contribution is -0.569. The molecule has 3 aliphatic rings. The van der Waals surface area contributed by atoms with Crippen LogP contribution in [0.3, 0.4) is 0 Å². The van der Waals surface area contributed by atoms with Crippen molar-refractivity contribution in [2.24, 2.45) is 11.0 Å². The van der Waals surface area contributed by atoms with Crippen LogP contribution in [-0.2, 0) is 0 Å². The largest absolute Gasteiger partial charge is 0.396 e. The van der Waals surface area contributed by atoms with Crippen molar-refractivity contribution in [3.8, 4) is 0 Å². The number of hydrazone groups is 1. The second-order valence-electron chi connectivity index (χ2n) is 9.57. The van der Waals surface area contributed by atoms with Crippen molar-refractivity contribution >= 4 is 29.3 Å². The Bertz CT molecular complexity index is 1130. The molecule has 1 atom stereocenters. The maximum absolute atomic E-state index is 13.8. The zero-order valence-corrected chi connectivity index (χ0v) is 19.7. The molecule has 2 aromatic rings. The van der Waals surface area contributed by atoms with E-state index >= 15 is 0 Å². The number of rotatable bonds is 6. The number of carbonyl (C=O) groups excluding carboxylic acids is 1. The summed E-state index contributed by atoms with van der Waals surface area (Å²) < 4.78 is 30.6. The Morgan fingerprint density at radius 3 is 2.66 bits per heavy atom. The Morgan fingerprint density at radius 1 is 1.23 bits per heavy atom. The highest BCUT2D eigenvalue weighted by atomic mass is 19.3. The number of aliphatic hydroxyl groups excluding tert-OH is 1. The van der Waals surface area contributed by atoms with Gasteiger partial charge in [0.05, 0.1) is 6.20 Å². The first-order valence-corrected chi connectivity index (χ1v) is 12.1. The van der Waals surface area contributed by atoms with Gasteiger partial charge in [0, 0.05) is 51.8 Å². The minimum atomic E-state index is -2.79.